The highest BCUT2D eigenvalue weighted by Crippen LogP contribution is 2.31. The van der Waals surface area contributed by atoms with Crippen LogP contribution in [0.1, 0.15) is 15.9 Å². The van der Waals surface area contributed by atoms with Crippen molar-refractivity contribution in [3.05, 3.63) is 82.6 Å². The monoisotopic (exact) mass is 399 g/mol. The van der Waals surface area contributed by atoms with E-state index in [2.05, 4.69) is 9.97 Å². The summed E-state index contributed by atoms with van der Waals surface area (Å²) in [5.41, 5.74) is 7.33. The summed E-state index contributed by atoms with van der Waals surface area (Å²) in [6.07, 6.45) is 2.91. The van der Waals surface area contributed by atoms with E-state index in [1.807, 2.05) is 0 Å². The molecular weight excluding hydrogens is 388 g/mol. The molecule has 0 fully saturated rings. The highest BCUT2D eigenvalue weighted by atomic mass is 35.5. The van der Waals surface area contributed by atoms with Crippen molar-refractivity contribution in [2.24, 2.45) is 0 Å². The van der Waals surface area contributed by atoms with E-state index in [9.17, 15) is 13.6 Å². The van der Waals surface area contributed by atoms with Crippen LogP contribution in [0.3, 0.4) is 0 Å². The highest BCUT2D eigenvalue weighted by molar-refractivity contribution is 6.35. The van der Waals surface area contributed by atoms with Crippen LogP contribution in [0.4, 0.5) is 14.5 Å². The van der Waals surface area contributed by atoms with Crippen molar-refractivity contribution in [3.63, 3.8) is 0 Å². The number of hydrogen-bond acceptors (Lipinski definition) is 4. The zero-order valence-electron chi connectivity index (χ0n) is 14.2. The van der Waals surface area contributed by atoms with Crippen LogP contribution in [0.25, 0.3) is 11.0 Å². The zero-order valence-corrected chi connectivity index (χ0v) is 14.9. The second-order valence-corrected chi connectivity index (χ2v) is 6.36. The number of halogens is 3. The van der Waals surface area contributed by atoms with Crippen molar-refractivity contribution in [2.75, 3.05) is 5.73 Å². The molecule has 0 unspecified atom stereocenters. The van der Waals surface area contributed by atoms with Crippen LogP contribution in [0.5, 0.6) is 11.5 Å². The van der Waals surface area contributed by atoms with Crippen LogP contribution >= 0.6 is 11.6 Å². The molecule has 0 saturated heterocycles. The number of anilines is 1. The smallest absolute Gasteiger partial charge is 0.198 e. The number of nitrogens with one attached hydrogen (secondary N) is 1. The number of ether oxygens (including phenoxy) is 1. The Hall–Kier alpha value is -3.45. The van der Waals surface area contributed by atoms with Gasteiger partial charge in [0.2, 0.25) is 0 Å². The minimum absolute atomic E-state index is 0.184. The normalized spacial score (nSPS) is 11.0. The lowest BCUT2D eigenvalue weighted by molar-refractivity contribution is 0.104. The molecule has 0 aliphatic rings. The molecule has 0 amide bonds. The van der Waals surface area contributed by atoms with Crippen LogP contribution in [-0.2, 0) is 0 Å². The summed E-state index contributed by atoms with van der Waals surface area (Å²) in [4.78, 5) is 19.8. The number of aromatic amines is 1. The first kappa shape index (κ1) is 17.9. The van der Waals surface area contributed by atoms with Crippen LogP contribution < -0.4 is 10.5 Å². The lowest BCUT2D eigenvalue weighted by atomic mass is 10.0. The first-order valence-corrected chi connectivity index (χ1v) is 8.51. The van der Waals surface area contributed by atoms with E-state index in [0.717, 1.165) is 12.1 Å². The number of benzene rings is 2. The molecule has 3 N–H and O–H groups in total. The number of para-hydroxylation sites is 1. The molecule has 0 aliphatic heterocycles. The second-order valence-electron chi connectivity index (χ2n) is 5.95. The van der Waals surface area contributed by atoms with E-state index in [-0.39, 0.29) is 22.2 Å². The maximum absolute atomic E-state index is 13.7. The summed E-state index contributed by atoms with van der Waals surface area (Å²) < 4.78 is 32.6. The number of ketones is 1. The van der Waals surface area contributed by atoms with Gasteiger partial charge in [-0.1, -0.05) is 17.7 Å². The van der Waals surface area contributed by atoms with Crippen LogP contribution in [-0.4, -0.2) is 15.8 Å². The summed E-state index contributed by atoms with van der Waals surface area (Å²) in [6, 6.07) is 9.30. The van der Waals surface area contributed by atoms with Crippen LogP contribution in [0.15, 0.2) is 54.9 Å². The predicted octanol–water partition coefficient (Wildman–Crippen LogP) is 5.10. The van der Waals surface area contributed by atoms with Crippen LogP contribution in [0.2, 0.25) is 5.02 Å². The SMILES string of the molecule is Nc1c(Cl)cnc2[nH]cc(C(=O)c3ccc(Oc4c(F)cccc4F)cc3)c12. The Balaban J connectivity index is 1.64. The van der Waals surface area contributed by atoms with E-state index in [4.69, 9.17) is 22.1 Å². The van der Waals surface area contributed by atoms with Crippen molar-refractivity contribution >= 4 is 34.1 Å². The molecule has 4 aromatic rings. The number of H-pyrrole nitrogens is 1. The predicted molar refractivity (Wildman–Crippen MR) is 102 cm³/mol. The zero-order chi connectivity index (χ0) is 19.8. The van der Waals surface area contributed by atoms with Crippen molar-refractivity contribution < 1.29 is 18.3 Å². The van der Waals surface area contributed by atoms with Crippen LogP contribution in [0, 0.1) is 11.6 Å². The van der Waals surface area contributed by atoms with Gasteiger partial charge in [0.25, 0.3) is 0 Å². The minimum atomic E-state index is -0.821. The molecule has 0 saturated carbocycles. The van der Waals surface area contributed by atoms with E-state index < -0.39 is 17.4 Å². The van der Waals surface area contributed by atoms with Gasteiger partial charge in [-0.25, -0.2) is 13.8 Å². The third-order valence-electron chi connectivity index (χ3n) is 4.19. The number of rotatable bonds is 4. The quantitative estimate of drug-likeness (QED) is 0.468. The molecule has 2 heterocycles. The van der Waals surface area contributed by atoms with Gasteiger partial charge < -0.3 is 15.5 Å². The number of carbonyl (C=O) groups excluding carboxylic acids is 1. The largest absolute Gasteiger partial charge is 0.451 e. The molecule has 28 heavy (non-hydrogen) atoms. The Labute approximate surface area is 162 Å². The molecule has 0 bridgehead atoms. The van der Waals surface area contributed by atoms with E-state index in [1.165, 1.54) is 42.7 Å². The second kappa shape index (κ2) is 6.94. The molecule has 0 aliphatic carbocycles. The maximum atomic E-state index is 13.7. The Morgan fingerprint density at radius 3 is 2.46 bits per heavy atom. The molecule has 5 nitrogen and oxygen atoms in total. The van der Waals surface area contributed by atoms with Crippen molar-refractivity contribution in [2.45, 2.75) is 0 Å². The summed E-state index contributed by atoms with van der Waals surface area (Å²) in [7, 11) is 0. The van der Waals surface area contributed by atoms with Gasteiger partial charge in [-0.15, -0.1) is 0 Å². The lowest BCUT2D eigenvalue weighted by Crippen LogP contribution is -2.02. The summed E-state index contributed by atoms with van der Waals surface area (Å²) >= 11 is 6.00. The summed E-state index contributed by atoms with van der Waals surface area (Å²) in [5, 5.41) is 0.683. The molecular formula is C20H12ClF2N3O2. The Morgan fingerprint density at radius 2 is 1.79 bits per heavy atom. The highest BCUT2D eigenvalue weighted by Gasteiger charge is 2.19. The van der Waals surface area contributed by atoms with Gasteiger partial charge in [-0.3, -0.25) is 4.79 Å². The van der Waals surface area contributed by atoms with Gasteiger partial charge in [0.15, 0.2) is 23.2 Å². The molecule has 0 atom stereocenters. The molecule has 0 spiro atoms. The number of aromatic nitrogens is 2. The minimum Gasteiger partial charge on any atom is -0.451 e. The number of carbonyl (C=O) groups is 1. The number of pyridine rings is 1. The van der Waals surface area contributed by atoms with Gasteiger partial charge in [0.05, 0.1) is 27.9 Å². The Kier molecular flexibility index (Phi) is 4.44. The maximum Gasteiger partial charge on any atom is 0.198 e. The number of nitrogen functional groups attached to an aromatic ring is 1. The number of nitrogens with zero attached hydrogens (tertiary/aromatic N) is 1. The molecule has 140 valence electrons. The van der Waals surface area contributed by atoms with Crippen molar-refractivity contribution in [1.82, 2.24) is 9.97 Å². The van der Waals surface area contributed by atoms with E-state index >= 15 is 0 Å². The van der Waals surface area contributed by atoms with Gasteiger partial charge in [0.1, 0.15) is 11.4 Å². The Morgan fingerprint density at radius 1 is 1.11 bits per heavy atom. The molecule has 0 radical (unpaired) electrons. The average molecular weight is 400 g/mol. The number of fused-ring (bicyclic) bond motifs is 1. The Bertz CT molecular complexity index is 1190. The first-order valence-electron chi connectivity index (χ1n) is 8.13. The van der Waals surface area contributed by atoms with Gasteiger partial charge in [-0.05, 0) is 36.4 Å². The molecule has 4 rings (SSSR count). The van der Waals surface area contributed by atoms with Crippen molar-refractivity contribution in [1.29, 1.82) is 0 Å². The fraction of sp³-hybridized carbons (Fsp3) is 0. The number of hydrogen-bond donors (Lipinski definition) is 2. The van der Waals surface area contributed by atoms with Crippen molar-refractivity contribution in [3.8, 4) is 11.5 Å². The van der Waals surface area contributed by atoms with Gasteiger partial charge in [-0.2, -0.15) is 0 Å². The summed E-state index contributed by atoms with van der Waals surface area (Å²) in [6.45, 7) is 0. The topological polar surface area (TPSA) is 81.0 Å². The van der Waals surface area contributed by atoms with Gasteiger partial charge >= 0.3 is 0 Å². The fourth-order valence-corrected chi connectivity index (χ4v) is 2.95. The lowest BCUT2D eigenvalue weighted by Gasteiger charge is -2.08. The molecule has 8 heteroatoms. The average Bonchev–Trinajstić information content (AvgIpc) is 3.12. The third kappa shape index (κ3) is 3.05. The standard InChI is InChI=1S/C20H12ClF2N3O2/c21-13-9-26-20-16(17(13)24)12(8-25-20)18(27)10-4-6-11(7-5-10)28-19-14(22)2-1-3-15(19)23/h1-9H,(H3,24,25,26). The molecule has 2 aromatic carbocycles. The van der Waals surface area contributed by atoms with E-state index in [1.54, 1.807) is 0 Å². The first-order chi connectivity index (χ1) is 13.5. The summed E-state index contributed by atoms with van der Waals surface area (Å²) in [5.74, 6) is -2.28. The fourth-order valence-electron chi connectivity index (χ4n) is 2.80. The third-order valence-corrected chi connectivity index (χ3v) is 4.49. The molecule has 2 aromatic heterocycles. The number of nitrogens with two attached hydrogens (primary N) is 1. The van der Waals surface area contributed by atoms with Gasteiger partial charge in [0, 0.05) is 11.8 Å². The van der Waals surface area contributed by atoms with E-state index in [0.29, 0.717) is 22.2 Å².